The molecule has 0 fully saturated rings. The van der Waals surface area contributed by atoms with Crippen molar-refractivity contribution in [1.82, 2.24) is 9.97 Å². The minimum atomic E-state index is 0.383. The maximum absolute atomic E-state index is 6.15. The third-order valence-corrected chi connectivity index (χ3v) is 2.70. The molecule has 0 unspecified atom stereocenters. The third kappa shape index (κ3) is 1.82. The van der Waals surface area contributed by atoms with Crippen molar-refractivity contribution in [2.24, 2.45) is 0 Å². The standard InChI is InChI=1S/C12H13ClN2/c1-7(2)11-9-4-8(3)5-10(13)12(9)15-6-14-11/h4-7H,1-3H3. The monoisotopic (exact) mass is 220 g/mol. The molecule has 2 nitrogen and oxygen atoms in total. The van der Waals surface area contributed by atoms with Crippen LogP contribution in [0.3, 0.4) is 0 Å². The average Bonchev–Trinajstić information content (AvgIpc) is 2.16. The van der Waals surface area contributed by atoms with Crippen LogP contribution in [-0.2, 0) is 0 Å². The van der Waals surface area contributed by atoms with Gasteiger partial charge in [0.15, 0.2) is 0 Å². The molecule has 0 bridgehead atoms. The molecule has 0 radical (unpaired) electrons. The SMILES string of the molecule is Cc1cc(Cl)c2ncnc(C(C)C)c2c1. The van der Waals surface area contributed by atoms with E-state index in [1.165, 1.54) is 0 Å². The van der Waals surface area contributed by atoms with E-state index in [4.69, 9.17) is 11.6 Å². The summed E-state index contributed by atoms with van der Waals surface area (Å²) in [6.07, 6.45) is 1.58. The van der Waals surface area contributed by atoms with Crippen LogP contribution in [0.15, 0.2) is 18.5 Å². The first-order valence-electron chi connectivity index (χ1n) is 5.00. The zero-order chi connectivity index (χ0) is 11.0. The fourth-order valence-electron chi connectivity index (χ4n) is 1.74. The van der Waals surface area contributed by atoms with Crippen LogP contribution in [0.5, 0.6) is 0 Å². The Labute approximate surface area is 94.3 Å². The first kappa shape index (κ1) is 10.4. The molecule has 0 aliphatic heterocycles. The van der Waals surface area contributed by atoms with E-state index in [2.05, 4.69) is 29.9 Å². The van der Waals surface area contributed by atoms with Gasteiger partial charge in [0, 0.05) is 5.39 Å². The van der Waals surface area contributed by atoms with Gasteiger partial charge in [-0.2, -0.15) is 0 Å². The second-order valence-corrected chi connectivity index (χ2v) is 4.46. The number of hydrogen-bond donors (Lipinski definition) is 0. The van der Waals surface area contributed by atoms with E-state index in [-0.39, 0.29) is 0 Å². The number of nitrogens with zero attached hydrogens (tertiary/aromatic N) is 2. The fourth-order valence-corrected chi connectivity index (χ4v) is 2.06. The highest BCUT2D eigenvalue weighted by atomic mass is 35.5. The van der Waals surface area contributed by atoms with Crippen LogP contribution in [0.1, 0.15) is 31.0 Å². The largest absolute Gasteiger partial charge is 0.240 e. The van der Waals surface area contributed by atoms with Crippen LogP contribution < -0.4 is 0 Å². The molecule has 2 aromatic rings. The Bertz CT molecular complexity index is 506. The molecule has 1 heterocycles. The first-order chi connectivity index (χ1) is 7.09. The number of rotatable bonds is 1. The molecule has 0 amide bonds. The van der Waals surface area contributed by atoms with Crippen LogP contribution in [0.2, 0.25) is 5.02 Å². The Kier molecular flexibility index (Phi) is 2.61. The van der Waals surface area contributed by atoms with Gasteiger partial charge in [-0.05, 0) is 30.5 Å². The lowest BCUT2D eigenvalue weighted by Gasteiger charge is -2.09. The summed E-state index contributed by atoms with van der Waals surface area (Å²) in [4.78, 5) is 8.54. The molecule has 1 aromatic carbocycles. The van der Waals surface area contributed by atoms with Crippen LogP contribution in [0.25, 0.3) is 10.9 Å². The second kappa shape index (κ2) is 3.78. The molecule has 2 rings (SSSR count). The van der Waals surface area contributed by atoms with Gasteiger partial charge in [0.05, 0.1) is 16.2 Å². The molecular formula is C12H13ClN2. The van der Waals surface area contributed by atoms with Gasteiger partial charge < -0.3 is 0 Å². The summed E-state index contributed by atoms with van der Waals surface area (Å²) in [5.41, 5.74) is 3.05. The summed E-state index contributed by atoms with van der Waals surface area (Å²) in [7, 11) is 0. The Morgan fingerprint density at radius 3 is 2.60 bits per heavy atom. The summed E-state index contributed by atoms with van der Waals surface area (Å²) in [5, 5.41) is 1.77. The van der Waals surface area contributed by atoms with E-state index >= 15 is 0 Å². The van der Waals surface area contributed by atoms with Crippen molar-refractivity contribution in [3.8, 4) is 0 Å². The topological polar surface area (TPSA) is 25.8 Å². The maximum Gasteiger partial charge on any atom is 0.116 e. The highest BCUT2D eigenvalue weighted by Gasteiger charge is 2.10. The van der Waals surface area contributed by atoms with Gasteiger partial charge in [-0.1, -0.05) is 25.4 Å². The van der Waals surface area contributed by atoms with E-state index in [9.17, 15) is 0 Å². The molecule has 0 N–H and O–H groups in total. The van der Waals surface area contributed by atoms with Crippen molar-refractivity contribution in [2.45, 2.75) is 26.7 Å². The first-order valence-corrected chi connectivity index (χ1v) is 5.38. The molecule has 0 spiro atoms. The minimum Gasteiger partial charge on any atom is -0.240 e. The van der Waals surface area contributed by atoms with Gasteiger partial charge in [-0.3, -0.25) is 0 Å². The van der Waals surface area contributed by atoms with E-state index in [0.717, 1.165) is 22.2 Å². The summed E-state index contributed by atoms with van der Waals surface area (Å²) >= 11 is 6.15. The van der Waals surface area contributed by atoms with E-state index in [1.54, 1.807) is 6.33 Å². The maximum atomic E-state index is 6.15. The highest BCUT2D eigenvalue weighted by molar-refractivity contribution is 6.35. The summed E-state index contributed by atoms with van der Waals surface area (Å²) < 4.78 is 0. The Morgan fingerprint density at radius 2 is 1.93 bits per heavy atom. The van der Waals surface area contributed by atoms with E-state index in [0.29, 0.717) is 10.9 Å². The average molecular weight is 221 g/mol. The lowest BCUT2D eigenvalue weighted by molar-refractivity contribution is 0.828. The second-order valence-electron chi connectivity index (χ2n) is 4.06. The molecule has 0 atom stereocenters. The van der Waals surface area contributed by atoms with Crippen LogP contribution in [-0.4, -0.2) is 9.97 Å². The van der Waals surface area contributed by atoms with Crippen LogP contribution in [0, 0.1) is 6.92 Å². The molecule has 1 aromatic heterocycles. The van der Waals surface area contributed by atoms with Crippen molar-refractivity contribution in [3.63, 3.8) is 0 Å². The van der Waals surface area contributed by atoms with E-state index < -0.39 is 0 Å². The van der Waals surface area contributed by atoms with Crippen molar-refractivity contribution >= 4 is 22.5 Å². The van der Waals surface area contributed by atoms with Crippen molar-refractivity contribution < 1.29 is 0 Å². The quantitative estimate of drug-likeness (QED) is 0.732. The summed E-state index contributed by atoms with van der Waals surface area (Å²) in [6.45, 7) is 6.28. The zero-order valence-corrected chi connectivity index (χ0v) is 9.84. The van der Waals surface area contributed by atoms with Crippen molar-refractivity contribution in [3.05, 3.63) is 34.7 Å². The molecule has 0 saturated carbocycles. The van der Waals surface area contributed by atoms with Gasteiger partial charge in [0.25, 0.3) is 0 Å². The van der Waals surface area contributed by atoms with Crippen LogP contribution >= 0.6 is 11.6 Å². The Hall–Kier alpha value is -1.15. The lowest BCUT2D eigenvalue weighted by atomic mass is 10.0. The molecule has 0 aliphatic rings. The fraction of sp³-hybridized carbons (Fsp3) is 0.333. The van der Waals surface area contributed by atoms with E-state index in [1.807, 2.05) is 13.0 Å². The third-order valence-electron chi connectivity index (χ3n) is 2.41. The highest BCUT2D eigenvalue weighted by Crippen LogP contribution is 2.28. The molecule has 15 heavy (non-hydrogen) atoms. The molecule has 0 aliphatic carbocycles. The molecule has 0 saturated heterocycles. The summed E-state index contributed by atoms with van der Waals surface area (Å²) in [5.74, 6) is 0.383. The lowest BCUT2D eigenvalue weighted by Crippen LogP contribution is -1.96. The van der Waals surface area contributed by atoms with Crippen molar-refractivity contribution in [2.75, 3.05) is 0 Å². The Morgan fingerprint density at radius 1 is 1.20 bits per heavy atom. The number of aryl methyl sites for hydroxylation is 1. The van der Waals surface area contributed by atoms with Gasteiger partial charge in [0.1, 0.15) is 6.33 Å². The summed E-state index contributed by atoms with van der Waals surface area (Å²) in [6, 6.07) is 4.03. The normalized spacial score (nSPS) is 11.3. The van der Waals surface area contributed by atoms with Gasteiger partial charge >= 0.3 is 0 Å². The Balaban J connectivity index is 2.85. The smallest absolute Gasteiger partial charge is 0.116 e. The molecular weight excluding hydrogens is 208 g/mol. The van der Waals surface area contributed by atoms with Gasteiger partial charge in [-0.15, -0.1) is 0 Å². The predicted molar refractivity (Wildman–Crippen MR) is 63.4 cm³/mol. The molecule has 78 valence electrons. The number of hydrogen-bond acceptors (Lipinski definition) is 2. The van der Waals surface area contributed by atoms with Crippen molar-refractivity contribution in [1.29, 1.82) is 0 Å². The molecule has 3 heteroatoms. The van der Waals surface area contributed by atoms with Crippen LogP contribution in [0.4, 0.5) is 0 Å². The minimum absolute atomic E-state index is 0.383. The number of aromatic nitrogens is 2. The number of halogens is 1. The number of benzene rings is 1. The predicted octanol–water partition coefficient (Wildman–Crippen LogP) is 3.72. The van der Waals surface area contributed by atoms with Gasteiger partial charge in [-0.25, -0.2) is 9.97 Å². The number of fused-ring (bicyclic) bond motifs is 1. The zero-order valence-electron chi connectivity index (χ0n) is 9.08. The van der Waals surface area contributed by atoms with Gasteiger partial charge in [0.2, 0.25) is 0 Å².